The largest absolute Gasteiger partial charge is 0.462 e. The smallest absolute Gasteiger partial charge is 0.350 e. The molecule has 0 aliphatic heterocycles. The van der Waals surface area contributed by atoms with E-state index in [1.807, 2.05) is 12.1 Å². The molecule has 23 heavy (non-hydrogen) atoms. The fraction of sp³-hybridized carbons (Fsp3) is 0.200. The van der Waals surface area contributed by atoms with Crippen molar-refractivity contribution in [3.8, 4) is 6.07 Å². The van der Waals surface area contributed by atoms with Gasteiger partial charge in [0.2, 0.25) is 0 Å². The fourth-order valence-corrected chi connectivity index (χ4v) is 1.73. The highest BCUT2D eigenvalue weighted by Gasteiger charge is 2.09. The lowest BCUT2D eigenvalue weighted by molar-refractivity contribution is -0.138. The Bertz CT molecular complexity index is 663. The molecule has 0 saturated heterocycles. The Labute approximate surface area is 143 Å². The highest BCUT2D eigenvalue weighted by molar-refractivity contribution is 8.13. The van der Waals surface area contributed by atoms with E-state index in [1.54, 1.807) is 37.6 Å². The maximum absolute atomic E-state index is 11.5. The lowest BCUT2D eigenvalue weighted by Crippen LogP contribution is -2.13. The van der Waals surface area contributed by atoms with Gasteiger partial charge in [0.25, 0.3) is 0 Å². The number of nitrogens with one attached hydrogen (secondary N) is 1. The molecule has 0 saturated carbocycles. The molecule has 0 spiro atoms. The van der Waals surface area contributed by atoms with Gasteiger partial charge in [0.15, 0.2) is 10.7 Å². The van der Waals surface area contributed by atoms with Crippen LogP contribution < -0.4 is 5.43 Å². The first-order chi connectivity index (χ1) is 11.1. The highest BCUT2D eigenvalue weighted by Crippen LogP contribution is 2.07. The first-order valence-corrected chi connectivity index (χ1v) is 8.14. The average Bonchev–Trinajstić information content (AvgIpc) is 2.55. The lowest BCUT2D eigenvalue weighted by Gasteiger charge is -2.01. The van der Waals surface area contributed by atoms with Crippen LogP contribution in [0.4, 0.5) is 0 Å². The Balaban J connectivity index is 2.73. The van der Waals surface area contributed by atoms with E-state index in [9.17, 15) is 4.79 Å². The van der Waals surface area contributed by atoms with Crippen molar-refractivity contribution in [2.24, 2.45) is 10.1 Å². The minimum Gasteiger partial charge on any atom is -0.462 e. The van der Waals surface area contributed by atoms with E-state index in [2.05, 4.69) is 15.5 Å². The number of aliphatic imine (C=N–C) groups is 1. The third kappa shape index (κ3) is 7.00. The number of carbonyl (C=O) groups is 1. The van der Waals surface area contributed by atoms with Crippen LogP contribution in [0.1, 0.15) is 12.5 Å². The van der Waals surface area contributed by atoms with Gasteiger partial charge in [-0.25, -0.2) is 9.79 Å². The van der Waals surface area contributed by atoms with Crippen LogP contribution >= 0.6 is 23.4 Å². The van der Waals surface area contributed by atoms with E-state index in [0.717, 1.165) is 11.8 Å². The summed E-state index contributed by atoms with van der Waals surface area (Å²) in [5.74, 6) is -0.705. The van der Waals surface area contributed by atoms with Crippen LogP contribution in [0.25, 0.3) is 0 Å². The summed E-state index contributed by atoms with van der Waals surface area (Å²) in [4.78, 5) is 15.5. The summed E-state index contributed by atoms with van der Waals surface area (Å²) in [6.45, 7) is 1.86. The molecule has 0 unspecified atom stereocenters. The predicted octanol–water partition coefficient (Wildman–Crippen LogP) is 2.95. The second-order valence-electron chi connectivity index (χ2n) is 3.93. The predicted molar refractivity (Wildman–Crippen MR) is 93.5 cm³/mol. The van der Waals surface area contributed by atoms with Crippen LogP contribution in [0.2, 0.25) is 5.02 Å². The zero-order valence-electron chi connectivity index (χ0n) is 12.6. The van der Waals surface area contributed by atoms with E-state index in [0.29, 0.717) is 10.2 Å². The number of hydrogen-bond donors (Lipinski definition) is 1. The van der Waals surface area contributed by atoms with Gasteiger partial charge in [-0.15, -0.1) is 0 Å². The van der Waals surface area contributed by atoms with Crippen molar-refractivity contribution >= 4 is 40.7 Å². The lowest BCUT2D eigenvalue weighted by atomic mass is 10.2. The number of hydrazone groups is 1. The molecule has 0 radical (unpaired) electrons. The van der Waals surface area contributed by atoms with E-state index >= 15 is 0 Å². The second-order valence-corrected chi connectivity index (χ2v) is 5.17. The van der Waals surface area contributed by atoms with Gasteiger partial charge < -0.3 is 4.74 Å². The topological polar surface area (TPSA) is 86.8 Å². The average molecular weight is 351 g/mol. The van der Waals surface area contributed by atoms with Crippen LogP contribution in [0.15, 0.2) is 46.1 Å². The van der Waals surface area contributed by atoms with Gasteiger partial charge in [-0.3, -0.25) is 5.43 Å². The molecule has 1 rings (SSSR count). The first kappa shape index (κ1) is 18.7. The zero-order chi connectivity index (χ0) is 17.1. The normalized spacial score (nSPS) is 12.1. The van der Waals surface area contributed by atoms with Crippen molar-refractivity contribution in [3.63, 3.8) is 0 Å². The SMILES string of the molecule is CCOC(=O)/C(C#N)=C\N=C(N/N=C\c1ccc(Cl)cc1)SC. The van der Waals surface area contributed by atoms with Gasteiger partial charge in [0, 0.05) is 5.02 Å². The number of benzene rings is 1. The number of thioether (sulfide) groups is 1. The van der Waals surface area contributed by atoms with E-state index in [4.69, 9.17) is 21.6 Å². The Morgan fingerprint density at radius 1 is 1.48 bits per heavy atom. The van der Waals surface area contributed by atoms with Crippen LogP contribution in [0.3, 0.4) is 0 Å². The number of carbonyl (C=O) groups excluding carboxylic acids is 1. The summed E-state index contributed by atoms with van der Waals surface area (Å²) >= 11 is 7.08. The quantitative estimate of drug-likeness (QED) is 0.220. The van der Waals surface area contributed by atoms with Gasteiger partial charge in [0.05, 0.1) is 19.0 Å². The summed E-state index contributed by atoms with van der Waals surface area (Å²) in [7, 11) is 0. The first-order valence-electron chi connectivity index (χ1n) is 6.54. The van der Waals surface area contributed by atoms with E-state index in [-0.39, 0.29) is 12.2 Å². The third-order valence-corrected chi connectivity index (χ3v) is 3.20. The molecule has 1 N–H and O–H groups in total. The molecule has 1 aromatic rings. The molecular formula is C15H15ClN4O2S. The number of ether oxygens (including phenoxy) is 1. The number of esters is 1. The molecule has 0 amide bonds. The molecule has 0 aliphatic carbocycles. The fourth-order valence-electron chi connectivity index (χ4n) is 1.30. The molecule has 8 heteroatoms. The maximum atomic E-state index is 11.5. The zero-order valence-corrected chi connectivity index (χ0v) is 14.2. The molecule has 0 heterocycles. The summed E-state index contributed by atoms with van der Waals surface area (Å²) in [5, 5.41) is 14.0. The standard InChI is InChI=1S/C15H15ClN4O2S/c1-3-22-14(21)12(8-17)10-18-15(23-2)20-19-9-11-4-6-13(16)7-5-11/h4-7,9-10H,3H2,1-2H3,(H,18,20)/b12-10-,19-9-. The van der Waals surface area contributed by atoms with Crippen molar-refractivity contribution in [1.29, 1.82) is 5.26 Å². The van der Waals surface area contributed by atoms with Gasteiger partial charge in [-0.1, -0.05) is 35.5 Å². The van der Waals surface area contributed by atoms with Crippen LogP contribution in [-0.2, 0) is 9.53 Å². The third-order valence-electron chi connectivity index (χ3n) is 2.36. The molecule has 120 valence electrons. The van der Waals surface area contributed by atoms with Gasteiger partial charge >= 0.3 is 5.97 Å². The van der Waals surface area contributed by atoms with Gasteiger partial charge in [-0.05, 0) is 30.9 Å². The maximum Gasteiger partial charge on any atom is 0.350 e. The molecule has 0 atom stereocenters. The van der Waals surface area contributed by atoms with E-state index < -0.39 is 5.97 Å². The Morgan fingerprint density at radius 3 is 2.74 bits per heavy atom. The van der Waals surface area contributed by atoms with E-state index in [1.165, 1.54) is 11.8 Å². The molecule has 0 aromatic heterocycles. The molecule has 0 aliphatic rings. The second kappa shape index (κ2) is 10.4. The molecule has 1 aromatic carbocycles. The Hall–Kier alpha value is -2.30. The molecule has 0 bridgehead atoms. The summed E-state index contributed by atoms with van der Waals surface area (Å²) in [6, 6.07) is 8.89. The number of nitriles is 1. The number of hydrogen-bond acceptors (Lipinski definition) is 6. The number of rotatable bonds is 5. The summed E-state index contributed by atoms with van der Waals surface area (Å²) < 4.78 is 4.74. The van der Waals surface area contributed by atoms with Gasteiger partial charge in [0.1, 0.15) is 6.07 Å². The number of halogens is 1. The van der Waals surface area contributed by atoms with Crippen LogP contribution in [-0.4, -0.2) is 30.2 Å². The number of amidine groups is 1. The highest BCUT2D eigenvalue weighted by atomic mass is 35.5. The van der Waals surface area contributed by atoms with Crippen molar-refractivity contribution in [2.45, 2.75) is 6.92 Å². The van der Waals surface area contributed by atoms with Crippen molar-refractivity contribution in [2.75, 3.05) is 12.9 Å². The number of nitrogens with zero attached hydrogens (tertiary/aromatic N) is 3. The van der Waals surface area contributed by atoms with Crippen LogP contribution in [0, 0.1) is 11.3 Å². The van der Waals surface area contributed by atoms with Crippen molar-refractivity contribution < 1.29 is 9.53 Å². The van der Waals surface area contributed by atoms with Crippen molar-refractivity contribution in [1.82, 2.24) is 5.43 Å². The van der Waals surface area contributed by atoms with Crippen LogP contribution in [0.5, 0.6) is 0 Å². The molecular weight excluding hydrogens is 336 g/mol. The Kier molecular flexibility index (Phi) is 8.50. The monoisotopic (exact) mass is 350 g/mol. The minimum absolute atomic E-state index is 0.179. The molecule has 6 nitrogen and oxygen atoms in total. The minimum atomic E-state index is -0.705. The summed E-state index contributed by atoms with van der Waals surface area (Å²) in [6.07, 6.45) is 4.53. The summed E-state index contributed by atoms with van der Waals surface area (Å²) in [5.41, 5.74) is 3.41. The van der Waals surface area contributed by atoms with Gasteiger partial charge in [-0.2, -0.15) is 10.4 Å². The Morgan fingerprint density at radius 2 is 2.17 bits per heavy atom. The van der Waals surface area contributed by atoms with Crippen molar-refractivity contribution in [3.05, 3.63) is 46.6 Å². The molecule has 0 fully saturated rings.